The standard InChI is InChI=1S/C20H17ClN4O/c1-13(17-10-14-4-2-7-18(21)19(14)24-20(17)26)23-15-5-3-6-16(11-15)25-9-8-22-12-25/h2-13,23H,1H3,(H,24,26)/t13-/m0/s1. The van der Waals surface area contributed by atoms with E-state index in [9.17, 15) is 4.79 Å². The van der Waals surface area contributed by atoms with Crippen molar-refractivity contribution in [3.8, 4) is 5.69 Å². The zero-order valence-electron chi connectivity index (χ0n) is 14.1. The fraction of sp³-hybridized carbons (Fsp3) is 0.100. The maximum atomic E-state index is 12.5. The number of imidazole rings is 1. The molecule has 130 valence electrons. The van der Waals surface area contributed by atoms with Crippen molar-refractivity contribution >= 4 is 28.2 Å². The van der Waals surface area contributed by atoms with Gasteiger partial charge in [0.2, 0.25) is 0 Å². The number of benzene rings is 2. The molecular formula is C20H17ClN4O. The molecule has 2 heterocycles. The first-order chi connectivity index (χ1) is 12.6. The van der Waals surface area contributed by atoms with E-state index in [1.807, 2.05) is 60.2 Å². The van der Waals surface area contributed by atoms with Crippen molar-refractivity contribution in [2.45, 2.75) is 13.0 Å². The van der Waals surface area contributed by atoms with Crippen LogP contribution in [0.1, 0.15) is 18.5 Å². The van der Waals surface area contributed by atoms with Gasteiger partial charge in [0.1, 0.15) is 0 Å². The number of aromatic nitrogens is 3. The summed E-state index contributed by atoms with van der Waals surface area (Å²) in [4.78, 5) is 19.5. The molecule has 0 amide bonds. The minimum atomic E-state index is -0.167. The average Bonchev–Trinajstić information content (AvgIpc) is 3.17. The molecule has 6 heteroatoms. The van der Waals surface area contributed by atoms with Crippen LogP contribution in [-0.4, -0.2) is 14.5 Å². The first kappa shape index (κ1) is 16.4. The van der Waals surface area contributed by atoms with Gasteiger partial charge < -0.3 is 14.9 Å². The van der Waals surface area contributed by atoms with E-state index in [2.05, 4.69) is 15.3 Å². The van der Waals surface area contributed by atoms with E-state index >= 15 is 0 Å². The number of nitrogens with one attached hydrogen (secondary N) is 2. The van der Waals surface area contributed by atoms with E-state index in [0.717, 1.165) is 16.8 Å². The highest BCUT2D eigenvalue weighted by Gasteiger charge is 2.12. The molecule has 0 fully saturated rings. The van der Waals surface area contributed by atoms with Gasteiger partial charge in [-0.25, -0.2) is 4.98 Å². The third-order valence-corrected chi connectivity index (χ3v) is 4.67. The molecule has 2 N–H and O–H groups in total. The number of pyridine rings is 1. The predicted molar refractivity (Wildman–Crippen MR) is 105 cm³/mol. The van der Waals surface area contributed by atoms with E-state index in [1.165, 1.54) is 0 Å². The van der Waals surface area contributed by atoms with Crippen molar-refractivity contribution in [2.75, 3.05) is 5.32 Å². The van der Waals surface area contributed by atoms with E-state index in [1.54, 1.807) is 18.6 Å². The van der Waals surface area contributed by atoms with Crippen molar-refractivity contribution < 1.29 is 0 Å². The molecule has 0 saturated heterocycles. The topological polar surface area (TPSA) is 62.7 Å². The summed E-state index contributed by atoms with van der Waals surface area (Å²) in [5.74, 6) is 0. The summed E-state index contributed by atoms with van der Waals surface area (Å²) in [5.41, 5.74) is 3.11. The lowest BCUT2D eigenvalue weighted by molar-refractivity contribution is 0.865. The summed E-state index contributed by atoms with van der Waals surface area (Å²) in [6.45, 7) is 1.96. The number of halogens is 1. The average molecular weight is 365 g/mol. The SMILES string of the molecule is C[C@H](Nc1cccc(-n2ccnc2)c1)c1cc2cccc(Cl)c2[nH]c1=O. The van der Waals surface area contributed by atoms with Crippen molar-refractivity contribution in [3.63, 3.8) is 0 Å². The fourth-order valence-corrected chi connectivity index (χ4v) is 3.26. The van der Waals surface area contributed by atoms with Crippen molar-refractivity contribution in [1.29, 1.82) is 0 Å². The molecule has 2 aromatic carbocycles. The Hall–Kier alpha value is -3.05. The van der Waals surface area contributed by atoms with Crippen molar-refractivity contribution in [1.82, 2.24) is 14.5 Å². The molecular weight excluding hydrogens is 348 g/mol. The molecule has 4 aromatic rings. The number of H-pyrrole nitrogens is 1. The Balaban J connectivity index is 1.66. The minimum Gasteiger partial charge on any atom is -0.378 e. The Kier molecular flexibility index (Phi) is 4.22. The van der Waals surface area contributed by atoms with Gasteiger partial charge in [-0.1, -0.05) is 29.8 Å². The molecule has 1 atom stereocenters. The van der Waals surface area contributed by atoms with Crippen LogP contribution in [0.5, 0.6) is 0 Å². The Morgan fingerprint density at radius 2 is 2.04 bits per heavy atom. The Labute approximate surface area is 155 Å². The number of rotatable bonds is 4. The molecule has 2 aromatic heterocycles. The fourth-order valence-electron chi connectivity index (χ4n) is 3.03. The molecule has 0 aliphatic heterocycles. The van der Waals surface area contributed by atoms with Crippen molar-refractivity contribution in [3.05, 3.63) is 88.2 Å². The molecule has 26 heavy (non-hydrogen) atoms. The second-order valence-electron chi connectivity index (χ2n) is 6.14. The third-order valence-electron chi connectivity index (χ3n) is 4.36. The van der Waals surface area contributed by atoms with Gasteiger partial charge in [0.15, 0.2) is 0 Å². The zero-order chi connectivity index (χ0) is 18.1. The van der Waals surface area contributed by atoms with Gasteiger partial charge in [0.25, 0.3) is 5.56 Å². The van der Waals surface area contributed by atoms with Gasteiger partial charge in [-0.05, 0) is 37.3 Å². The number of aromatic amines is 1. The van der Waals surface area contributed by atoms with E-state index in [-0.39, 0.29) is 11.6 Å². The minimum absolute atomic E-state index is 0.142. The highest BCUT2D eigenvalue weighted by Crippen LogP contribution is 2.24. The number of para-hydroxylation sites is 1. The molecule has 0 unspecified atom stereocenters. The number of nitrogens with zero attached hydrogens (tertiary/aromatic N) is 2. The van der Waals surface area contributed by atoms with Crippen LogP contribution < -0.4 is 10.9 Å². The lowest BCUT2D eigenvalue weighted by atomic mass is 10.1. The van der Waals surface area contributed by atoms with Crippen LogP contribution in [0.4, 0.5) is 5.69 Å². The van der Waals surface area contributed by atoms with Crippen LogP contribution in [-0.2, 0) is 0 Å². The van der Waals surface area contributed by atoms with Gasteiger partial charge >= 0.3 is 0 Å². The van der Waals surface area contributed by atoms with Gasteiger partial charge in [-0.3, -0.25) is 4.79 Å². The number of anilines is 1. The first-order valence-corrected chi connectivity index (χ1v) is 8.66. The zero-order valence-corrected chi connectivity index (χ0v) is 14.9. The highest BCUT2D eigenvalue weighted by atomic mass is 35.5. The van der Waals surface area contributed by atoms with E-state index < -0.39 is 0 Å². The summed E-state index contributed by atoms with van der Waals surface area (Å²) in [5, 5.41) is 4.85. The first-order valence-electron chi connectivity index (χ1n) is 8.28. The molecule has 0 bridgehead atoms. The highest BCUT2D eigenvalue weighted by molar-refractivity contribution is 6.35. The molecule has 0 radical (unpaired) electrons. The molecule has 4 rings (SSSR count). The predicted octanol–water partition coefficient (Wildman–Crippen LogP) is 4.54. The summed E-state index contributed by atoms with van der Waals surface area (Å²) in [6, 6.07) is 15.3. The summed E-state index contributed by atoms with van der Waals surface area (Å²) < 4.78 is 1.93. The second kappa shape index (κ2) is 6.69. The van der Waals surface area contributed by atoms with E-state index in [4.69, 9.17) is 11.6 Å². The smallest absolute Gasteiger partial charge is 0.253 e. The van der Waals surface area contributed by atoms with Gasteiger partial charge in [0, 0.05) is 34.7 Å². The van der Waals surface area contributed by atoms with E-state index in [0.29, 0.717) is 16.1 Å². The Morgan fingerprint density at radius 3 is 2.85 bits per heavy atom. The normalized spacial score (nSPS) is 12.2. The van der Waals surface area contributed by atoms with Crippen LogP contribution in [0.25, 0.3) is 16.6 Å². The van der Waals surface area contributed by atoms with Gasteiger partial charge in [-0.2, -0.15) is 0 Å². The molecule has 0 saturated carbocycles. The van der Waals surface area contributed by atoms with Gasteiger partial charge in [0.05, 0.1) is 22.9 Å². The summed E-state index contributed by atoms with van der Waals surface area (Å²) in [7, 11) is 0. The largest absolute Gasteiger partial charge is 0.378 e. The lowest BCUT2D eigenvalue weighted by Gasteiger charge is -2.16. The van der Waals surface area contributed by atoms with Crippen LogP contribution in [0.15, 0.2) is 72.0 Å². The second-order valence-corrected chi connectivity index (χ2v) is 6.55. The van der Waals surface area contributed by atoms with Crippen LogP contribution in [0, 0.1) is 0 Å². The lowest BCUT2D eigenvalue weighted by Crippen LogP contribution is -2.19. The molecule has 0 aliphatic rings. The van der Waals surface area contributed by atoms with Crippen LogP contribution >= 0.6 is 11.6 Å². The summed E-state index contributed by atoms with van der Waals surface area (Å²) >= 11 is 6.16. The maximum Gasteiger partial charge on any atom is 0.253 e. The monoisotopic (exact) mass is 364 g/mol. The van der Waals surface area contributed by atoms with Gasteiger partial charge in [-0.15, -0.1) is 0 Å². The number of fused-ring (bicyclic) bond motifs is 1. The van der Waals surface area contributed by atoms with Crippen LogP contribution in [0.3, 0.4) is 0 Å². The number of hydrogen-bond acceptors (Lipinski definition) is 3. The maximum absolute atomic E-state index is 12.5. The third kappa shape index (κ3) is 3.09. The Bertz CT molecular complexity index is 1120. The molecule has 0 spiro atoms. The summed E-state index contributed by atoms with van der Waals surface area (Å²) in [6.07, 6.45) is 5.38. The van der Waals surface area contributed by atoms with Crippen molar-refractivity contribution in [2.24, 2.45) is 0 Å². The quantitative estimate of drug-likeness (QED) is 0.558. The van der Waals surface area contributed by atoms with Crippen LogP contribution in [0.2, 0.25) is 5.02 Å². The number of hydrogen-bond donors (Lipinski definition) is 2. The Morgan fingerprint density at radius 1 is 1.19 bits per heavy atom. The molecule has 5 nitrogen and oxygen atoms in total. The molecule has 0 aliphatic carbocycles.